The Bertz CT molecular complexity index is 762. The molecule has 0 radical (unpaired) electrons. The predicted octanol–water partition coefficient (Wildman–Crippen LogP) is 0.378. The molecule has 2 N–H and O–H groups in total. The number of carbonyl (C=O) groups excluding carboxylic acids is 1. The summed E-state index contributed by atoms with van der Waals surface area (Å²) in [7, 11) is -3.92. The first-order chi connectivity index (χ1) is 12.0. The topological polar surface area (TPSA) is 147 Å². The first-order valence-electron chi connectivity index (χ1n) is 7.74. The molecule has 144 valence electrons. The van der Waals surface area contributed by atoms with Crippen molar-refractivity contribution >= 4 is 27.6 Å². The van der Waals surface area contributed by atoms with Crippen LogP contribution in [0.15, 0.2) is 24.3 Å². The normalized spacial score (nSPS) is 12.6. The van der Waals surface area contributed by atoms with E-state index in [2.05, 4.69) is 5.32 Å². The maximum atomic E-state index is 12.5. The third-order valence-corrected chi connectivity index (χ3v) is 5.58. The third kappa shape index (κ3) is 6.41. The summed E-state index contributed by atoms with van der Waals surface area (Å²) in [5.41, 5.74) is 0.469. The lowest BCUT2D eigenvalue weighted by atomic mass is 10.1. The summed E-state index contributed by atoms with van der Waals surface area (Å²) in [5, 5.41) is 22.2. The summed E-state index contributed by atoms with van der Waals surface area (Å²) in [4.78, 5) is 32.2. The van der Waals surface area contributed by atoms with Gasteiger partial charge in [-0.1, -0.05) is 12.1 Å². The standard InChI is InChI=1S/C15H21N3O7S/c1-11(15(20)21)17(9-8-16-12(2)19)26(24,25)10-7-13-3-5-14(6-4-13)18(22)23/h3-6,11H,7-10H2,1-2H3,(H,16,19)(H,20,21). The third-order valence-electron chi connectivity index (χ3n) is 3.65. The fourth-order valence-corrected chi connectivity index (χ4v) is 3.86. The fraction of sp³-hybridized carbons (Fsp3) is 0.467. The Morgan fingerprint density at radius 1 is 1.31 bits per heavy atom. The number of carbonyl (C=O) groups is 2. The number of carboxylic acids is 1. The van der Waals surface area contributed by atoms with Crippen molar-refractivity contribution in [2.24, 2.45) is 0 Å². The highest BCUT2D eigenvalue weighted by Crippen LogP contribution is 2.15. The van der Waals surface area contributed by atoms with Gasteiger partial charge in [-0.05, 0) is 18.9 Å². The van der Waals surface area contributed by atoms with E-state index in [4.69, 9.17) is 5.11 Å². The Morgan fingerprint density at radius 2 is 1.88 bits per heavy atom. The first-order valence-corrected chi connectivity index (χ1v) is 9.35. The number of benzene rings is 1. The van der Waals surface area contributed by atoms with Crippen LogP contribution >= 0.6 is 0 Å². The van der Waals surface area contributed by atoms with Gasteiger partial charge >= 0.3 is 5.97 Å². The first kappa shape index (κ1) is 21.5. The highest BCUT2D eigenvalue weighted by Gasteiger charge is 2.31. The molecule has 10 nitrogen and oxygen atoms in total. The summed E-state index contributed by atoms with van der Waals surface area (Å²) in [5.74, 6) is -2.01. The molecule has 1 rings (SSSR count). The van der Waals surface area contributed by atoms with E-state index in [1.165, 1.54) is 38.1 Å². The maximum absolute atomic E-state index is 12.5. The second-order valence-electron chi connectivity index (χ2n) is 5.60. The number of hydrogen-bond donors (Lipinski definition) is 2. The van der Waals surface area contributed by atoms with Crippen LogP contribution in [-0.2, 0) is 26.0 Å². The van der Waals surface area contributed by atoms with Crippen LogP contribution < -0.4 is 5.32 Å². The van der Waals surface area contributed by atoms with Gasteiger partial charge in [0.2, 0.25) is 15.9 Å². The minimum atomic E-state index is -3.92. The Balaban J connectivity index is 2.84. The van der Waals surface area contributed by atoms with Crippen LogP contribution in [0.1, 0.15) is 19.4 Å². The Kier molecular flexibility index (Phi) is 7.65. The number of sulfonamides is 1. The van der Waals surface area contributed by atoms with Gasteiger partial charge in [-0.3, -0.25) is 19.7 Å². The van der Waals surface area contributed by atoms with Gasteiger partial charge in [-0.25, -0.2) is 8.42 Å². The molecule has 0 saturated carbocycles. The average Bonchev–Trinajstić information content (AvgIpc) is 2.56. The second kappa shape index (κ2) is 9.25. The lowest BCUT2D eigenvalue weighted by Gasteiger charge is -2.25. The highest BCUT2D eigenvalue weighted by molar-refractivity contribution is 7.89. The van der Waals surface area contributed by atoms with E-state index in [1.807, 2.05) is 0 Å². The van der Waals surface area contributed by atoms with Gasteiger partial charge in [0.25, 0.3) is 5.69 Å². The number of nitrogens with zero attached hydrogens (tertiary/aromatic N) is 2. The molecule has 0 aliphatic carbocycles. The van der Waals surface area contributed by atoms with Crippen LogP contribution in [0.3, 0.4) is 0 Å². The summed E-state index contributed by atoms with van der Waals surface area (Å²) >= 11 is 0. The van der Waals surface area contributed by atoms with E-state index in [0.717, 1.165) is 4.31 Å². The number of hydrogen-bond acceptors (Lipinski definition) is 6. The molecule has 0 saturated heterocycles. The minimum absolute atomic E-state index is 0.0102. The zero-order chi connectivity index (χ0) is 19.9. The van der Waals surface area contributed by atoms with Crippen molar-refractivity contribution in [3.63, 3.8) is 0 Å². The Morgan fingerprint density at radius 3 is 2.35 bits per heavy atom. The lowest BCUT2D eigenvalue weighted by molar-refractivity contribution is -0.384. The number of nitro groups is 1. The molecule has 1 aromatic rings. The van der Waals surface area contributed by atoms with E-state index in [0.29, 0.717) is 5.56 Å². The summed E-state index contributed by atoms with van der Waals surface area (Å²) in [6, 6.07) is 4.17. The average molecular weight is 387 g/mol. The SMILES string of the molecule is CC(=O)NCCN(C(C)C(=O)O)S(=O)(=O)CCc1ccc([N+](=O)[O-])cc1. The second-order valence-corrected chi connectivity index (χ2v) is 7.64. The van der Waals surface area contributed by atoms with Crippen molar-refractivity contribution in [3.05, 3.63) is 39.9 Å². The fourth-order valence-electron chi connectivity index (χ4n) is 2.19. The quantitative estimate of drug-likeness (QED) is 0.435. The van der Waals surface area contributed by atoms with Crippen molar-refractivity contribution in [1.82, 2.24) is 9.62 Å². The number of non-ortho nitro benzene ring substituents is 1. The number of nitro benzene ring substituents is 1. The van der Waals surface area contributed by atoms with Gasteiger partial charge in [0, 0.05) is 32.1 Å². The largest absolute Gasteiger partial charge is 0.480 e. The molecule has 0 aromatic heterocycles. The molecule has 0 aliphatic rings. The minimum Gasteiger partial charge on any atom is -0.480 e. The van der Waals surface area contributed by atoms with E-state index >= 15 is 0 Å². The molecular formula is C15H21N3O7S. The van der Waals surface area contributed by atoms with Crippen LogP contribution in [0.4, 0.5) is 5.69 Å². The van der Waals surface area contributed by atoms with Crippen LogP contribution in [0.2, 0.25) is 0 Å². The molecule has 11 heteroatoms. The van der Waals surface area contributed by atoms with Gasteiger partial charge in [0.15, 0.2) is 0 Å². The van der Waals surface area contributed by atoms with Crippen molar-refractivity contribution in [2.45, 2.75) is 26.3 Å². The van der Waals surface area contributed by atoms with Crippen LogP contribution in [0.5, 0.6) is 0 Å². The van der Waals surface area contributed by atoms with Crippen LogP contribution in [0, 0.1) is 10.1 Å². The van der Waals surface area contributed by atoms with Crippen LogP contribution in [0.25, 0.3) is 0 Å². The van der Waals surface area contributed by atoms with Crippen molar-refractivity contribution < 1.29 is 28.0 Å². The molecule has 1 amide bonds. The maximum Gasteiger partial charge on any atom is 0.321 e. The molecule has 0 spiro atoms. The summed E-state index contributed by atoms with van der Waals surface area (Å²) in [6.07, 6.45) is 0.0727. The number of amides is 1. The van der Waals surface area contributed by atoms with Crippen molar-refractivity contribution in [1.29, 1.82) is 0 Å². The van der Waals surface area contributed by atoms with Crippen LogP contribution in [-0.4, -0.2) is 59.5 Å². The number of nitrogens with one attached hydrogen (secondary N) is 1. The molecule has 26 heavy (non-hydrogen) atoms. The molecule has 1 atom stereocenters. The van der Waals surface area contributed by atoms with E-state index in [1.54, 1.807) is 0 Å². The number of rotatable bonds is 10. The molecule has 0 bridgehead atoms. The molecule has 1 unspecified atom stereocenters. The monoisotopic (exact) mass is 387 g/mol. The van der Waals surface area contributed by atoms with Gasteiger partial charge in [-0.2, -0.15) is 4.31 Å². The Labute approximate surface area is 151 Å². The molecular weight excluding hydrogens is 366 g/mol. The number of aryl methyl sites for hydroxylation is 1. The summed E-state index contributed by atoms with van der Waals surface area (Å²) in [6.45, 7) is 2.34. The number of carboxylic acid groups (broad SMARTS) is 1. The zero-order valence-electron chi connectivity index (χ0n) is 14.4. The van der Waals surface area contributed by atoms with E-state index < -0.39 is 27.0 Å². The molecule has 0 aliphatic heterocycles. The van der Waals surface area contributed by atoms with Crippen molar-refractivity contribution in [2.75, 3.05) is 18.8 Å². The lowest BCUT2D eigenvalue weighted by Crippen LogP contribution is -2.47. The molecule has 0 heterocycles. The summed E-state index contributed by atoms with van der Waals surface area (Å²) < 4.78 is 25.9. The molecule has 1 aromatic carbocycles. The zero-order valence-corrected chi connectivity index (χ0v) is 15.2. The van der Waals surface area contributed by atoms with E-state index in [9.17, 15) is 28.1 Å². The van der Waals surface area contributed by atoms with Crippen molar-refractivity contribution in [3.8, 4) is 0 Å². The van der Waals surface area contributed by atoms with Gasteiger partial charge in [-0.15, -0.1) is 0 Å². The Hall–Kier alpha value is -2.53. The smallest absolute Gasteiger partial charge is 0.321 e. The van der Waals surface area contributed by atoms with Gasteiger partial charge in [0.05, 0.1) is 10.7 Å². The van der Waals surface area contributed by atoms with Gasteiger partial charge < -0.3 is 10.4 Å². The highest BCUT2D eigenvalue weighted by atomic mass is 32.2. The van der Waals surface area contributed by atoms with Gasteiger partial charge in [0.1, 0.15) is 6.04 Å². The molecule has 0 fully saturated rings. The van der Waals surface area contributed by atoms with E-state index in [-0.39, 0.29) is 36.9 Å². The predicted molar refractivity (Wildman–Crippen MR) is 93.1 cm³/mol. The number of aliphatic carboxylic acids is 1.